The van der Waals surface area contributed by atoms with Crippen molar-refractivity contribution in [3.63, 3.8) is 0 Å². The van der Waals surface area contributed by atoms with E-state index in [-0.39, 0.29) is 5.69 Å². The average molecular weight is 390 g/mol. The largest absolute Gasteiger partial charge is 0.493 e. The van der Waals surface area contributed by atoms with Gasteiger partial charge in [-0.05, 0) is 35.7 Å². The SMILES string of the molecule is COc1cc2c(cc1OC)CN(c1nc(C(N)=O)cc(-c3ccccc3)n1)CC2. The Hall–Kier alpha value is -3.61. The molecule has 2 N–H and O–H groups in total. The van der Waals surface area contributed by atoms with E-state index in [4.69, 9.17) is 20.2 Å². The summed E-state index contributed by atoms with van der Waals surface area (Å²) in [5.74, 6) is 1.32. The van der Waals surface area contributed by atoms with Crippen LogP contribution in [0.4, 0.5) is 5.95 Å². The number of carbonyl (C=O) groups excluding carboxylic acids is 1. The molecule has 1 aromatic heterocycles. The van der Waals surface area contributed by atoms with E-state index >= 15 is 0 Å². The molecule has 2 aromatic carbocycles. The number of ether oxygens (including phenoxy) is 2. The van der Waals surface area contributed by atoms with E-state index in [1.54, 1.807) is 20.3 Å². The summed E-state index contributed by atoms with van der Waals surface area (Å²) in [5.41, 5.74) is 9.62. The maximum atomic E-state index is 11.9. The Bertz CT molecular complexity index is 1050. The zero-order valence-electron chi connectivity index (χ0n) is 16.4. The van der Waals surface area contributed by atoms with Gasteiger partial charge >= 0.3 is 0 Å². The zero-order chi connectivity index (χ0) is 20.4. The molecule has 0 saturated heterocycles. The first-order valence-corrected chi connectivity index (χ1v) is 9.32. The van der Waals surface area contributed by atoms with Crippen LogP contribution in [0.3, 0.4) is 0 Å². The third-order valence-electron chi connectivity index (χ3n) is 5.04. The molecule has 1 aliphatic heterocycles. The van der Waals surface area contributed by atoms with E-state index in [0.29, 0.717) is 23.9 Å². The minimum Gasteiger partial charge on any atom is -0.493 e. The van der Waals surface area contributed by atoms with Crippen molar-refractivity contribution in [2.45, 2.75) is 13.0 Å². The first kappa shape index (κ1) is 18.7. The number of amides is 1. The Morgan fingerprint density at radius 1 is 1.00 bits per heavy atom. The highest BCUT2D eigenvalue weighted by molar-refractivity contribution is 5.92. The Morgan fingerprint density at radius 2 is 1.69 bits per heavy atom. The second-order valence-electron chi connectivity index (χ2n) is 6.82. The summed E-state index contributed by atoms with van der Waals surface area (Å²) in [6.45, 7) is 1.32. The molecular weight excluding hydrogens is 368 g/mol. The molecule has 0 unspecified atom stereocenters. The number of hydrogen-bond donors (Lipinski definition) is 1. The second-order valence-corrected chi connectivity index (χ2v) is 6.82. The number of nitrogens with zero attached hydrogens (tertiary/aromatic N) is 3. The molecule has 0 radical (unpaired) electrons. The molecule has 0 fully saturated rings. The molecule has 0 aliphatic carbocycles. The van der Waals surface area contributed by atoms with Crippen LogP contribution < -0.4 is 20.1 Å². The number of methoxy groups -OCH3 is 2. The summed E-state index contributed by atoms with van der Waals surface area (Å²) < 4.78 is 10.8. The van der Waals surface area contributed by atoms with Crippen molar-refractivity contribution in [3.05, 3.63) is 65.4 Å². The number of benzene rings is 2. The first-order valence-electron chi connectivity index (χ1n) is 9.32. The standard InChI is InChI=1S/C22H22N4O3/c1-28-19-10-15-8-9-26(13-16(15)11-20(19)29-2)22-24-17(12-18(25-22)21(23)27)14-6-4-3-5-7-14/h3-7,10-12H,8-9,13H2,1-2H3,(H2,23,27). The van der Waals surface area contributed by atoms with Crippen LogP contribution in [0.2, 0.25) is 0 Å². The molecule has 2 heterocycles. The molecule has 0 spiro atoms. The second kappa shape index (κ2) is 7.79. The lowest BCUT2D eigenvalue weighted by atomic mass is 9.99. The van der Waals surface area contributed by atoms with Crippen molar-refractivity contribution in [2.75, 3.05) is 25.7 Å². The van der Waals surface area contributed by atoms with Crippen LogP contribution >= 0.6 is 0 Å². The predicted molar refractivity (Wildman–Crippen MR) is 110 cm³/mol. The van der Waals surface area contributed by atoms with Crippen molar-refractivity contribution < 1.29 is 14.3 Å². The van der Waals surface area contributed by atoms with Gasteiger partial charge in [0.25, 0.3) is 5.91 Å². The van der Waals surface area contributed by atoms with Gasteiger partial charge in [0.1, 0.15) is 5.69 Å². The van der Waals surface area contributed by atoms with Crippen molar-refractivity contribution in [2.24, 2.45) is 5.73 Å². The van der Waals surface area contributed by atoms with Crippen LogP contribution in [0.1, 0.15) is 21.6 Å². The summed E-state index contributed by atoms with van der Waals surface area (Å²) in [5, 5.41) is 0. The minimum atomic E-state index is -0.574. The average Bonchev–Trinajstić information content (AvgIpc) is 2.77. The summed E-state index contributed by atoms with van der Waals surface area (Å²) in [7, 11) is 3.25. The van der Waals surface area contributed by atoms with Gasteiger partial charge < -0.3 is 20.1 Å². The van der Waals surface area contributed by atoms with Gasteiger partial charge in [-0.15, -0.1) is 0 Å². The molecule has 7 heteroatoms. The predicted octanol–water partition coefficient (Wildman–Crippen LogP) is 2.82. The van der Waals surface area contributed by atoms with Crippen molar-refractivity contribution in [1.82, 2.24) is 9.97 Å². The molecule has 148 valence electrons. The number of rotatable bonds is 5. The summed E-state index contributed by atoms with van der Waals surface area (Å²) >= 11 is 0. The molecule has 0 atom stereocenters. The highest BCUT2D eigenvalue weighted by Gasteiger charge is 2.23. The molecule has 1 aliphatic rings. The number of carbonyl (C=O) groups is 1. The number of fused-ring (bicyclic) bond motifs is 1. The van der Waals surface area contributed by atoms with E-state index in [9.17, 15) is 4.79 Å². The fraction of sp³-hybridized carbons (Fsp3) is 0.227. The highest BCUT2D eigenvalue weighted by Crippen LogP contribution is 2.34. The molecule has 1 amide bonds. The van der Waals surface area contributed by atoms with Crippen molar-refractivity contribution in [1.29, 1.82) is 0 Å². The quantitative estimate of drug-likeness (QED) is 0.720. The molecule has 0 saturated carbocycles. The lowest BCUT2D eigenvalue weighted by molar-refractivity contribution is 0.0995. The zero-order valence-corrected chi connectivity index (χ0v) is 16.4. The van der Waals surface area contributed by atoms with Crippen LogP contribution in [0.15, 0.2) is 48.5 Å². The molecular formula is C22H22N4O3. The van der Waals surface area contributed by atoms with Gasteiger partial charge in [0.2, 0.25) is 5.95 Å². The van der Waals surface area contributed by atoms with Gasteiger partial charge in [-0.3, -0.25) is 4.79 Å². The Balaban J connectivity index is 1.72. The minimum absolute atomic E-state index is 0.201. The maximum Gasteiger partial charge on any atom is 0.267 e. The number of primary amides is 1. The van der Waals surface area contributed by atoms with Crippen LogP contribution in [-0.2, 0) is 13.0 Å². The Labute approximate surface area is 169 Å². The number of hydrogen-bond acceptors (Lipinski definition) is 6. The number of nitrogens with two attached hydrogens (primary N) is 1. The van der Waals surface area contributed by atoms with Crippen LogP contribution in [0.5, 0.6) is 11.5 Å². The van der Waals surface area contributed by atoms with E-state index < -0.39 is 5.91 Å². The lowest BCUT2D eigenvalue weighted by Gasteiger charge is -2.30. The summed E-state index contributed by atoms with van der Waals surface area (Å²) in [6, 6.07) is 15.3. The van der Waals surface area contributed by atoms with Crippen LogP contribution in [0, 0.1) is 0 Å². The van der Waals surface area contributed by atoms with Gasteiger partial charge in [-0.25, -0.2) is 9.97 Å². The van der Waals surface area contributed by atoms with Gasteiger partial charge in [-0.2, -0.15) is 0 Å². The van der Waals surface area contributed by atoms with Gasteiger partial charge in [0.05, 0.1) is 19.9 Å². The number of aromatic nitrogens is 2. The summed E-state index contributed by atoms with van der Waals surface area (Å²) in [6.07, 6.45) is 0.806. The third-order valence-corrected chi connectivity index (χ3v) is 5.04. The van der Waals surface area contributed by atoms with Crippen molar-refractivity contribution >= 4 is 11.9 Å². The summed E-state index contributed by atoms with van der Waals surface area (Å²) in [4.78, 5) is 23.0. The smallest absolute Gasteiger partial charge is 0.267 e. The monoisotopic (exact) mass is 390 g/mol. The van der Waals surface area contributed by atoms with Gasteiger partial charge in [0, 0.05) is 18.7 Å². The molecule has 3 aromatic rings. The number of anilines is 1. The van der Waals surface area contributed by atoms with E-state index in [0.717, 1.165) is 29.8 Å². The molecule has 4 rings (SSSR count). The molecule has 7 nitrogen and oxygen atoms in total. The fourth-order valence-corrected chi connectivity index (χ4v) is 3.51. The van der Waals surface area contributed by atoms with Crippen LogP contribution in [-0.4, -0.2) is 36.6 Å². The van der Waals surface area contributed by atoms with Gasteiger partial charge in [-0.1, -0.05) is 30.3 Å². The van der Waals surface area contributed by atoms with E-state index in [2.05, 4.69) is 4.98 Å². The van der Waals surface area contributed by atoms with Crippen LogP contribution in [0.25, 0.3) is 11.3 Å². The third kappa shape index (κ3) is 3.71. The normalized spacial score (nSPS) is 13.0. The van der Waals surface area contributed by atoms with Gasteiger partial charge in [0.15, 0.2) is 11.5 Å². The maximum absolute atomic E-state index is 11.9. The lowest BCUT2D eigenvalue weighted by Crippen LogP contribution is -2.32. The van der Waals surface area contributed by atoms with Crippen molar-refractivity contribution in [3.8, 4) is 22.8 Å². The Kier molecular flexibility index (Phi) is 5.03. The van der Waals surface area contributed by atoms with E-state index in [1.807, 2.05) is 47.4 Å². The first-order chi connectivity index (χ1) is 14.1. The molecule has 29 heavy (non-hydrogen) atoms. The highest BCUT2D eigenvalue weighted by atomic mass is 16.5. The molecule has 0 bridgehead atoms. The Morgan fingerprint density at radius 3 is 2.34 bits per heavy atom. The van der Waals surface area contributed by atoms with E-state index in [1.165, 1.54) is 5.56 Å². The topological polar surface area (TPSA) is 90.6 Å². The fourth-order valence-electron chi connectivity index (χ4n) is 3.51.